The number of ether oxygens (including phenoxy) is 4. The summed E-state index contributed by atoms with van der Waals surface area (Å²) in [6.45, 7) is -0.627. The van der Waals surface area contributed by atoms with Crippen molar-refractivity contribution < 1.29 is 69.7 Å². The number of hydrogen-bond acceptors (Lipinski definition) is 14. The monoisotopic (exact) mass is 459 g/mol. The maximum absolute atomic E-state index is 10.7. The van der Waals surface area contributed by atoms with Gasteiger partial charge in [-0.15, -0.1) is 0 Å². The van der Waals surface area contributed by atoms with Gasteiger partial charge in [0, 0.05) is 0 Å². The zero-order chi connectivity index (χ0) is 23.7. The summed E-state index contributed by atoms with van der Waals surface area (Å²) < 4.78 is 20.0. The Balaban J connectivity index is 2.21. The quantitative estimate of drug-likeness (QED) is 0.170. The van der Waals surface area contributed by atoms with Crippen LogP contribution in [0.5, 0.6) is 0 Å². The molecule has 0 radical (unpaired) electrons. The molecule has 15 heteroatoms. The van der Waals surface area contributed by atoms with E-state index in [0.29, 0.717) is 0 Å². The topological polar surface area (TPSA) is 262 Å². The lowest BCUT2D eigenvalue weighted by molar-refractivity contribution is -0.387. The summed E-state index contributed by atoms with van der Waals surface area (Å²) >= 11 is 0. The number of carbonyl (C=O) groups is 1. The average molecular weight is 459 g/mol. The van der Waals surface area contributed by atoms with E-state index < -0.39 is 92.4 Å². The van der Waals surface area contributed by atoms with Gasteiger partial charge in [0.25, 0.3) is 0 Å². The lowest BCUT2D eigenvalue weighted by atomic mass is 9.90. The summed E-state index contributed by atoms with van der Waals surface area (Å²) in [5.74, 6) is -2.38. The lowest BCUT2D eigenvalue weighted by Crippen LogP contribution is -2.69. The van der Waals surface area contributed by atoms with E-state index in [1.54, 1.807) is 0 Å². The highest BCUT2D eigenvalue weighted by Crippen LogP contribution is 2.34. The Morgan fingerprint density at radius 1 is 1.03 bits per heavy atom. The Morgan fingerprint density at radius 3 is 2.19 bits per heavy atom. The second-order valence-electron chi connectivity index (χ2n) is 7.56. The number of amides is 1. The zero-order valence-electron chi connectivity index (χ0n) is 16.4. The summed E-state index contributed by atoms with van der Waals surface area (Å²) in [7, 11) is 0. The molecule has 0 spiro atoms. The van der Waals surface area contributed by atoms with E-state index in [1.807, 2.05) is 0 Å². The Labute approximate surface area is 175 Å². The largest absolute Gasteiger partial charge is 0.447 e. The van der Waals surface area contributed by atoms with E-state index >= 15 is 0 Å². The minimum atomic E-state index is -2.38. The van der Waals surface area contributed by atoms with Gasteiger partial charge in [-0.2, -0.15) is 0 Å². The van der Waals surface area contributed by atoms with E-state index in [4.69, 9.17) is 25.1 Å². The number of nitrogens with two attached hydrogens (primary N) is 1. The van der Waals surface area contributed by atoms with Crippen molar-refractivity contribution in [1.29, 1.82) is 0 Å². The van der Waals surface area contributed by atoms with Crippen molar-refractivity contribution in [1.82, 2.24) is 0 Å². The van der Waals surface area contributed by atoms with Gasteiger partial charge in [0.05, 0.1) is 6.61 Å². The SMILES string of the molecule is C[C@]1(O)O[C@H]([C@@H](O)CO)[C@@H](O)[C@H](O[C@H]2O[C@H]([C@@H](O)COC(N)=O)[C@@H](O)[C@H](O)[C@@H]2O)[C@@H]1O. The maximum atomic E-state index is 10.7. The second-order valence-corrected chi connectivity index (χ2v) is 7.56. The summed E-state index contributed by atoms with van der Waals surface area (Å²) in [4.78, 5) is 10.7. The third-order valence-corrected chi connectivity index (χ3v) is 5.15. The molecular weight excluding hydrogens is 430 g/mol. The molecule has 0 aliphatic carbocycles. The van der Waals surface area contributed by atoms with Crippen LogP contribution in [0.4, 0.5) is 4.79 Å². The molecule has 2 saturated heterocycles. The summed E-state index contributed by atoms with van der Waals surface area (Å²) in [5, 5.41) is 90.3. The molecule has 15 nitrogen and oxygen atoms in total. The third-order valence-electron chi connectivity index (χ3n) is 5.15. The summed E-state index contributed by atoms with van der Waals surface area (Å²) in [5.41, 5.74) is 4.79. The van der Waals surface area contributed by atoms with Gasteiger partial charge in [-0.1, -0.05) is 0 Å². The molecule has 2 fully saturated rings. The molecule has 0 aromatic heterocycles. The van der Waals surface area contributed by atoms with Crippen molar-refractivity contribution in [3.63, 3.8) is 0 Å². The fourth-order valence-corrected chi connectivity index (χ4v) is 3.38. The normalized spacial score (nSPS) is 45.7. The van der Waals surface area contributed by atoms with Crippen molar-refractivity contribution in [3.05, 3.63) is 0 Å². The van der Waals surface area contributed by atoms with Crippen LogP contribution in [0, 0.1) is 0 Å². The van der Waals surface area contributed by atoms with E-state index in [0.717, 1.165) is 6.92 Å². The van der Waals surface area contributed by atoms with Crippen LogP contribution in [0.1, 0.15) is 6.92 Å². The van der Waals surface area contributed by atoms with Crippen LogP contribution < -0.4 is 5.73 Å². The predicted octanol–water partition coefficient (Wildman–Crippen LogP) is -6.18. The van der Waals surface area contributed by atoms with Crippen molar-refractivity contribution >= 4 is 6.09 Å². The third kappa shape index (κ3) is 5.59. The molecule has 0 aromatic carbocycles. The van der Waals surface area contributed by atoms with Crippen LogP contribution in [0.25, 0.3) is 0 Å². The molecule has 2 heterocycles. The summed E-state index contributed by atoms with van der Waals surface area (Å²) in [6.07, 6.45) is -21.2. The first-order valence-electron chi connectivity index (χ1n) is 9.32. The molecule has 0 aromatic rings. The molecule has 11 N–H and O–H groups in total. The smallest absolute Gasteiger partial charge is 0.404 e. The highest BCUT2D eigenvalue weighted by molar-refractivity contribution is 5.64. The molecule has 31 heavy (non-hydrogen) atoms. The van der Waals surface area contributed by atoms with E-state index in [-0.39, 0.29) is 0 Å². The fraction of sp³-hybridized carbons (Fsp3) is 0.938. The Hall–Kier alpha value is -1.21. The standard InChI is InChI=1S/C16H29NO14/c1-16(27)13(25)12(9(24)11(31-16)4(19)2-18)30-14-8(23)6(21)7(22)10(29-14)5(20)3-28-15(17)26/h4-14,18-25,27H,2-3H2,1H3,(H2,17,26)/t4-,5-,6-,7-,8-,9+,10+,11+,12-,13-,14+,16-/m0/s1. The van der Waals surface area contributed by atoms with E-state index in [2.05, 4.69) is 4.74 Å². The van der Waals surface area contributed by atoms with Gasteiger partial charge in [-0.25, -0.2) is 4.79 Å². The average Bonchev–Trinajstić information content (AvgIpc) is 2.71. The number of aliphatic hydroxyl groups excluding tert-OH is 8. The maximum Gasteiger partial charge on any atom is 0.404 e. The second kappa shape index (κ2) is 10.2. The predicted molar refractivity (Wildman–Crippen MR) is 93.7 cm³/mol. The van der Waals surface area contributed by atoms with Crippen LogP contribution in [0.3, 0.4) is 0 Å². The van der Waals surface area contributed by atoms with Crippen molar-refractivity contribution in [2.45, 2.75) is 80.0 Å². The highest BCUT2D eigenvalue weighted by Gasteiger charge is 2.56. The molecule has 12 atom stereocenters. The number of primary amides is 1. The molecule has 2 aliphatic heterocycles. The molecule has 1 amide bonds. The highest BCUT2D eigenvalue weighted by atomic mass is 16.7. The van der Waals surface area contributed by atoms with Gasteiger partial charge < -0.3 is 70.6 Å². The van der Waals surface area contributed by atoms with Crippen molar-refractivity contribution in [3.8, 4) is 0 Å². The Morgan fingerprint density at radius 2 is 1.65 bits per heavy atom. The minimum Gasteiger partial charge on any atom is -0.447 e. The molecule has 0 unspecified atom stereocenters. The van der Waals surface area contributed by atoms with Crippen LogP contribution >= 0.6 is 0 Å². The van der Waals surface area contributed by atoms with Crippen molar-refractivity contribution in [2.75, 3.05) is 13.2 Å². The lowest BCUT2D eigenvalue weighted by Gasteiger charge is -2.49. The first kappa shape index (κ1) is 26.0. The number of rotatable bonds is 7. The molecule has 2 rings (SSSR count). The summed E-state index contributed by atoms with van der Waals surface area (Å²) in [6, 6.07) is 0. The van der Waals surface area contributed by atoms with Crippen molar-refractivity contribution in [2.24, 2.45) is 5.73 Å². The minimum absolute atomic E-state index is 0.741. The first-order valence-corrected chi connectivity index (χ1v) is 9.32. The van der Waals surface area contributed by atoms with E-state index in [9.17, 15) is 45.6 Å². The van der Waals surface area contributed by atoms with Gasteiger partial charge >= 0.3 is 6.09 Å². The van der Waals surface area contributed by atoms with Crippen LogP contribution in [-0.4, -0.2) is 138 Å². The van der Waals surface area contributed by atoms with Crippen LogP contribution in [-0.2, 0) is 18.9 Å². The fourth-order valence-electron chi connectivity index (χ4n) is 3.38. The van der Waals surface area contributed by atoms with Crippen LogP contribution in [0.2, 0.25) is 0 Å². The number of hydrogen-bond donors (Lipinski definition) is 10. The first-order chi connectivity index (χ1) is 14.3. The Kier molecular flexibility index (Phi) is 8.53. The van der Waals surface area contributed by atoms with Crippen LogP contribution in [0.15, 0.2) is 0 Å². The molecule has 0 saturated carbocycles. The number of aliphatic hydroxyl groups is 9. The van der Waals surface area contributed by atoms with Gasteiger partial charge in [0.15, 0.2) is 12.1 Å². The molecule has 0 bridgehead atoms. The number of carbonyl (C=O) groups excluding carboxylic acids is 1. The molecule has 2 aliphatic rings. The van der Waals surface area contributed by atoms with Gasteiger partial charge in [0.2, 0.25) is 0 Å². The van der Waals surface area contributed by atoms with Gasteiger partial charge in [-0.3, -0.25) is 0 Å². The van der Waals surface area contributed by atoms with Gasteiger partial charge in [-0.05, 0) is 6.92 Å². The van der Waals surface area contributed by atoms with Gasteiger partial charge in [0.1, 0.15) is 67.6 Å². The van der Waals surface area contributed by atoms with E-state index in [1.165, 1.54) is 0 Å². The molecular formula is C16H29NO14. The Bertz CT molecular complexity index is 607. The molecule has 182 valence electrons. The zero-order valence-corrected chi connectivity index (χ0v) is 16.4.